The Morgan fingerprint density at radius 1 is 1.17 bits per heavy atom. The standard InChI is InChI=1S/C22H24Cl2N2O3/c23-15-5-6-17(18(24)12-15)22(7-9-29-10-8-22)13-25-21(28)26-20-16-4-2-1-3-14(16)11-19(20)27/h1-6,12,19-20,27H,7-11,13H2,(H2,25,26,28)/t19-,20+/m1/s1. The molecule has 2 aromatic rings. The molecular formula is C22H24Cl2N2O3. The van der Waals surface area contributed by atoms with Crippen LogP contribution < -0.4 is 10.6 Å². The van der Waals surface area contributed by atoms with Gasteiger partial charge in [-0.3, -0.25) is 0 Å². The monoisotopic (exact) mass is 434 g/mol. The SMILES string of the molecule is O=C(NCC1(c2ccc(Cl)cc2Cl)CCOCC1)N[C@H]1c2ccccc2C[C@H]1O. The summed E-state index contributed by atoms with van der Waals surface area (Å²) in [6, 6.07) is 12.6. The average Bonchev–Trinajstić information content (AvgIpc) is 3.02. The second kappa shape index (κ2) is 8.52. The Morgan fingerprint density at radius 2 is 1.93 bits per heavy atom. The van der Waals surface area contributed by atoms with Crippen LogP contribution >= 0.6 is 23.2 Å². The predicted octanol–water partition coefficient (Wildman–Crippen LogP) is 4.00. The summed E-state index contributed by atoms with van der Waals surface area (Å²) >= 11 is 12.6. The number of rotatable bonds is 4. The zero-order chi connectivity index (χ0) is 20.4. The largest absolute Gasteiger partial charge is 0.390 e. The van der Waals surface area contributed by atoms with Gasteiger partial charge < -0.3 is 20.5 Å². The van der Waals surface area contributed by atoms with Gasteiger partial charge in [0.2, 0.25) is 0 Å². The maximum Gasteiger partial charge on any atom is 0.315 e. The highest BCUT2D eigenvalue weighted by Crippen LogP contribution is 2.39. The number of ether oxygens (including phenoxy) is 1. The van der Waals surface area contributed by atoms with Gasteiger partial charge in [0, 0.05) is 41.6 Å². The van der Waals surface area contributed by atoms with E-state index in [4.69, 9.17) is 27.9 Å². The first-order chi connectivity index (χ1) is 14.0. The first-order valence-electron chi connectivity index (χ1n) is 9.82. The summed E-state index contributed by atoms with van der Waals surface area (Å²) in [4.78, 5) is 12.7. The van der Waals surface area contributed by atoms with Crippen molar-refractivity contribution >= 4 is 29.2 Å². The van der Waals surface area contributed by atoms with E-state index in [0.29, 0.717) is 36.2 Å². The minimum atomic E-state index is -0.624. The number of aliphatic hydroxyl groups is 1. The van der Waals surface area contributed by atoms with Crippen LogP contribution in [-0.2, 0) is 16.6 Å². The highest BCUT2D eigenvalue weighted by molar-refractivity contribution is 6.35. The van der Waals surface area contributed by atoms with E-state index in [1.807, 2.05) is 36.4 Å². The lowest BCUT2D eigenvalue weighted by atomic mass is 9.74. The second-order valence-corrected chi connectivity index (χ2v) is 8.64. The number of hydrogen-bond acceptors (Lipinski definition) is 3. The van der Waals surface area contributed by atoms with E-state index in [2.05, 4.69) is 10.6 Å². The highest BCUT2D eigenvalue weighted by atomic mass is 35.5. The van der Waals surface area contributed by atoms with Gasteiger partial charge in [-0.2, -0.15) is 0 Å². The highest BCUT2D eigenvalue weighted by Gasteiger charge is 2.37. The smallest absolute Gasteiger partial charge is 0.315 e. The van der Waals surface area contributed by atoms with E-state index < -0.39 is 12.1 Å². The summed E-state index contributed by atoms with van der Waals surface area (Å²) in [7, 11) is 0. The summed E-state index contributed by atoms with van der Waals surface area (Å²) in [6.07, 6.45) is 1.43. The molecule has 2 aliphatic rings. The van der Waals surface area contributed by atoms with Crippen molar-refractivity contribution < 1.29 is 14.6 Å². The van der Waals surface area contributed by atoms with Gasteiger partial charge in [0.1, 0.15) is 0 Å². The van der Waals surface area contributed by atoms with Gasteiger partial charge in [-0.1, -0.05) is 53.5 Å². The molecule has 0 spiro atoms. The Morgan fingerprint density at radius 3 is 2.69 bits per heavy atom. The normalized spacial score (nSPS) is 22.7. The first-order valence-corrected chi connectivity index (χ1v) is 10.6. The lowest BCUT2D eigenvalue weighted by molar-refractivity contribution is 0.0506. The Labute approximate surface area is 180 Å². The number of aliphatic hydroxyl groups excluding tert-OH is 1. The molecule has 2 aromatic carbocycles. The summed E-state index contributed by atoms with van der Waals surface area (Å²) < 4.78 is 5.55. The Balaban J connectivity index is 1.47. The van der Waals surface area contributed by atoms with E-state index in [1.54, 1.807) is 6.07 Å². The summed E-state index contributed by atoms with van der Waals surface area (Å²) in [5.74, 6) is 0. The quantitative estimate of drug-likeness (QED) is 0.680. The fraction of sp³-hybridized carbons (Fsp3) is 0.409. The van der Waals surface area contributed by atoms with Gasteiger partial charge in [-0.05, 0) is 41.7 Å². The summed E-state index contributed by atoms with van der Waals surface area (Å²) in [6.45, 7) is 1.64. The van der Waals surface area contributed by atoms with E-state index in [-0.39, 0.29) is 11.4 Å². The molecule has 0 radical (unpaired) electrons. The molecular weight excluding hydrogens is 411 g/mol. The van der Waals surface area contributed by atoms with Gasteiger partial charge in [0.25, 0.3) is 0 Å². The van der Waals surface area contributed by atoms with Crippen LogP contribution in [0.15, 0.2) is 42.5 Å². The molecule has 2 amide bonds. The average molecular weight is 435 g/mol. The van der Waals surface area contributed by atoms with Gasteiger partial charge >= 0.3 is 6.03 Å². The minimum Gasteiger partial charge on any atom is -0.390 e. The molecule has 4 rings (SSSR count). The van der Waals surface area contributed by atoms with E-state index in [9.17, 15) is 9.90 Å². The van der Waals surface area contributed by atoms with Crippen molar-refractivity contribution in [1.82, 2.24) is 10.6 Å². The van der Waals surface area contributed by atoms with Crippen LogP contribution in [0.4, 0.5) is 4.79 Å². The second-order valence-electron chi connectivity index (χ2n) is 7.79. The van der Waals surface area contributed by atoms with Crippen molar-refractivity contribution in [2.24, 2.45) is 0 Å². The number of fused-ring (bicyclic) bond motifs is 1. The molecule has 154 valence electrons. The summed E-state index contributed by atoms with van der Waals surface area (Å²) in [5.41, 5.74) is 2.69. The van der Waals surface area contributed by atoms with Gasteiger partial charge in [0.15, 0.2) is 0 Å². The molecule has 1 fully saturated rings. The van der Waals surface area contributed by atoms with Crippen molar-refractivity contribution in [3.63, 3.8) is 0 Å². The van der Waals surface area contributed by atoms with E-state index in [1.165, 1.54) is 0 Å². The molecule has 1 saturated heterocycles. The molecule has 0 saturated carbocycles. The topological polar surface area (TPSA) is 70.6 Å². The van der Waals surface area contributed by atoms with E-state index >= 15 is 0 Å². The molecule has 0 aromatic heterocycles. The Kier molecular flexibility index (Phi) is 6.02. The number of carbonyl (C=O) groups is 1. The van der Waals surface area contributed by atoms with Crippen LogP contribution in [0.3, 0.4) is 0 Å². The predicted molar refractivity (Wildman–Crippen MR) is 114 cm³/mol. The fourth-order valence-electron chi connectivity index (χ4n) is 4.41. The fourth-order valence-corrected chi connectivity index (χ4v) is 5.02. The summed E-state index contributed by atoms with van der Waals surface area (Å²) in [5, 5.41) is 17.5. The number of benzene rings is 2. The first kappa shape index (κ1) is 20.5. The van der Waals surface area contributed by atoms with Crippen molar-refractivity contribution in [3.05, 3.63) is 69.2 Å². The molecule has 0 bridgehead atoms. The van der Waals surface area contributed by atoms with Crippen molar-refractivity contribution in [2.45, 2.75) is 36.8 Å². The Bertz CT molecular complexity index is 899. The maximum absolute atomic E-state index is 12.7. The van der Waals surface area contributed by atoms with Crippen LogP contribution in [0, 0.1) is 0 Å². The van der Waals surface area contributed by atoms with E-state index in [0.717, 1.165) is 29.5 Å². The van der Waals surface area contributed by atoms with Crippen LogP contribution in [0.25, 0.3) is 0 Å². The lowest BCUT2D eigenvalue weighted by Gasteiger charge is -2.38. The van der Waals surface area contributed by atoms with Crippen LogP contribution in [0.2, 0.25) is 10.0 Å². The molecule has 2 atom stereocenters. The number of halogens is 2. The maximum atomic E-state index is 12.7. The molecule has 3 N–H and O–H groups in total. The van der Waals surface area contributed by atoms with Crippen LogP contribution in [0.5, 0.6) is 0 Å². The molecule has 1 aliphatic carbocycles. The Hall–Kier alpha value is -1.79. The third-order valence-corrected chi connectivity index (χ3v) is 6.58. The van der Waals surface area contributed by atoms with Crippen molar-refractivity contribution in [1.29, 1.82) is 0 Å². The molecule has 1 heterocycles. The van der Waals surface area contributed by atoms with Gasteiger partial charge in [0.05, 0.1) is 12.1 Å². The van der Waals surface area contributed by atoms with Crippen molar-refractivity contribution in [3.8, 4) is 0 Å². The number of urea groups is 1. The van der Waals surface area contributed by atoms with Crippen molar-refractivity contribution in [2.75, 3.05) is 19.8 Å². The van der Waals surface area contributed by atoms with Gasteiger partial charge in [-0.15, -0.1) is 0 Å². The molecule has 7 heteroatoms. The lowest BCUT2D eigenvalue weighted by Crippen LogP contribution is -2.48. The van der Waals surface area contributed by atoms with Gasteiger partial charge in [-0.25, -0.2) is 4.79 Å². The zero-order valence-electron chi connectivity index (χ0n) is 16.0. The third-order valence-electron chi connectivity index (χ3n) is 6.03. The number of hydrogen-bond donors (Lipinski definition) is 3. The molecule has 0 unspecified atom stereocenters. The number of carbonyl (C=O) groups excluding carboxylic acids is 1. The zero-order valence-corrected chi connectivity index (χ0v) is 17.5. The third kappa shape index (κ3) is 4.24. The molecule has 29 heavy (non-hydrogen) atoms. The molecule has 1 aliphatic heterocycles. The van der Waals surface area contributed by atoms with Crippen LogP contribution in [0.1, 0.15) is 35.6 Å². The number of amides is 2. The minimum absolute atomic E-state index is 0.304. The number of nitrogens with one attached hydrogen (secondary N) is 2. The molecule has 5 nitrogen and oxygen atoms in total. The van der Waals surface area contributed by atoms with Crippen LogP contribution in [-0.4, -0.2) is 37.0 Å².